The van der Waals surface area contributed by atoms with Gasteiger partial charge >= 0.3 is 0 Å². The van der Waals surface area contributed by atoms with Crippen molar-refractivity contribution in [3.05, 3.63) is 52.2 Å². The molecule has 0 saturated carbocycles. The predicted octanol–water partition coefficient (Wildman–Crippen LogP) is 3.46. The van der Waals surface area contributed by atoms with Gasteiger partial charge in [0.25, 0.3) is 0 Å². The fraction of sp³-hybridized carbons (Fsp3) is 0.182. The van der Waals surface area contributed by atoms with Crippen molar-refractivity contribution in [1.82, 2.24) is 4.98 Å². The van der Waals surface area contributed by atoms with E-state index in [0.29, 0.717) is 17.3 Å². The Morgan fingerprint density at radius 1 is 1.38 bits per heavy atom. The zero-order valence-corrected chi connectivity index (χ0v) is 8.79. The van der Waals surface area contributed by atoms with Crippen molar-refractivity contribution >= 4 is 0 Å². The van der Waals surface area contributed by atoms with Crippen LogP contribution in [-0.2, 0) is 6.54 Å². The van der Waals surface area contributed by atoms with Gasteiger partial charge in [0, 0.05) is 10.5 Å². The highest BCUT2D eigenvalue weighted by Crippen LogP contribution is 2.21. The molecule has 0 N–H and O–H groups in total. The van der Waals surface area contributed by atoms with Crippen molar-refractivity contribution in [2.24, 2.45) is 5.11 Å². The van der Waals surface area contributed by atoms with Gasteiger partial charge in [-0.2, -0.15) is 0 Å². The zero-order chi connectivity index (χ0) is 11.4. The molecule has 80 valence electrons. The van der Waals surface area contributed by atoms with E-state index in [-0.39, 0.29) is 6.54 Å². The Labute approximate surface area is 92.4 Å². The van der Waals surface area contributed by atoms with Crippen molar-refractivity contribution < 1.29 is 4.42 Å². The van der Waals surface area contributed by atoms with E-state index in [1.54, 1.807) is 0 Å². The van der Waals surface area contributed by atoms with E-state index in [9.17, 15) is 0 Å². The molecule has 0 aliphatic heterocycles. The molecule has 1 heterocycles. The molecule has 0 atom stereocenters. The standard InChI is InChI=1S/C11H10N4O/c1-8-10(7-13-15-12)14-11(16-8)9-5-3-2-4-6-9/h2-6H,7H2,1H3. The van der Waals surface area contributed by atoms with E-state index >= 15 is 0 Å². The summed E-state index contributed by atoms with van der Waals surface area (Å²) in [6, 6.07) is 9.61. The first-order valence-electron chi connectivity index (χ1n) is 4.84. The zero-order valence-electron chi connectivity index (χ0n) is 8.79. The van der Waals surface area contributed by atoms with Gasteiger partial charge in [-0.1, -0.05) is 23.3 Å². The number of oxazole rings is 1. The Morgan fingerprint density at radius 3 is 2.81 bits per heavy atom. The summed E-state index contributed by atoms with van der Waals surface area (Å²) in [4.78, 5) is 6.98. The van der Waals surface area contributed by atoms with Crippen LogP contribution >= 0.6 is 0 Å². The topological polar surface area (TPSA) is 74.8 Å². The van der Waals surface area contributed by atoms with Crippen LogP contribution in [0.4, 0.5) is 0 Å². The van der Waals surface area contributed by atoms with Crippen molar-refractivity contribution in [3.8, 4) is 11.5 Å². The van der Waals surface area contributed by atoms with E-state index < -0.39 is 0 Å². The average Bonchev–Trinajstić information content (AvgIpc) is 2.69. The molecule has 0 aliphatic rings. The van der Waals surface area contributed by atoms with Crippen LogP contribution in [0.5, 0.6) is 0 Å². The summed E-state index contributed by atoms with van der Waals surface area (Å²) >= 11 is 0. The summed E-state index contributed by atoms with van der Waals surface area (Å²) in [5.74, 6) is 1.24. The minimum atomic E-state index is 0.221. The maximum Gasteiger partial charge on any atom is 0.226 e. The first-order chi connectivity index (χ1) is 7.81. The Hall–Kier alpha value is -2.26. The molecule has 0 radical (unpaired) electrons. The fourth-order valence-corrected chi connectivity index (χ4v) is 1.38. The quantitative estimate of drug-likeness (QED) is 0.445. The van der Waals surface area contributed by atoms with Crippen LogP contribution in [-0.4, -0.2) is 4.98 Å². The summed E-state index contributed by atoms with van der Waals surface area (Å²) in [6.45, 7) is 2.03. The summed E-state index contributed by atoms with van der Waals surface area (Å²) in [7, 11) is 0. The van der Waals surface area contributed by atoms with Crippen LogP contribution in [0.2, 0.25) is 0 Å². The highest BCUT2D eigenvalue weighted by Gasteiger charge is 2.09. The third-order valence-electron chi connectivity index (χ3n) is 2.20. The molecular formula is C11H10N4O. The van der Waals surface area contributed by atoms with Gasteiger partial charge in [0.2, 0.25) is 5.89 Å². The molecule has 0 bridgehead atoms. The third kappa shape index (κ3) is 2.04. The molecule has 16 heavy (non-hydrogen) atoms. The van der Waals surface area contributed by atoms with Gasteiger partial charge in [0.05, 0.1) is 12.2 Å². The summed E-state index contributed by atoms with van der Waals surface area (Å²) in [6.07, 6.45) is 0. The number of azide groups is 1. The molecule has 2 rings (SSSR count). The van der Waals surface area contributed by atoms with Crippen molar-refractivity contribution in [3.63, 3.8) is 0 Å². The smallest absolute Gasteiger partial charge is 0.226 e. The number of aromatic nitrogens is 1. The number of aryl methyl sites for hydroxylation is 1. The SMILES string of the molecule is Cc1oc(-c2ccccc2)nc1CN=[N+]=[N-]. The summed E-state index contributed by atoms with van der Waals surface area (Å²) < 4.78 is 5.50. The first-order valence-corrected chi connectivity index (χ1v) is 4.84. The number of nitrogens with zero attached hydrogens (tertiary/aromatic N) is 4. The lowest BCUT2D eigenvalue weighted by Gasteiger charge is -1.91. The van der Waals surface area contributed by atoms with E-state index in [1.165, 1.54) is 0 Å². The molecular weight excluding hydrogens is 204 g/mol. The normalized spacial score (nSPS) is 9.81. The first kappa shape index (κ1) is 10.3. The largest absolute Gasteiger partial charge is 0.441 e. The molecule has 0 amide bonds. The molecule has 5 heteroatoms. The molecule has 0 fully saturated rings. The number of hydrogen-bond acceptors (Lipinski definition) is 3. The molecule has 1 aromatic heterocycles. The lowest BCUT2D eigenvalue weighted by atomic mass is 10.2. The van der Waals surface area contributed by atoms with Gasteiger partial charge in [-0.25, -0.2) is 4.98 Å². The Kier molecular flexibility index (Phi) is 2.89. The van der Waals surface area contributed by atoms with E-state index in [0.717, 1.165) is 5.56 Å². The lowest BCUT2D eigenvalue weighted by Crippen LogP contribution is -1.83. The van der Waals surface area contributed by atoms with Gasteiger partial charge in [0.1, 0.15) is 5.76 Å². The number of benzene rings is 1. The van der Waals surface area contributed by atoms with Crippen LogP contribution in [0, 0.1) is 6.92 Å². The third-order valence-corrected chi connectivity index (χ3v) is 2.20. The highest BCUT2D eigenvalue weighted by molar-refractivity contribution is 5.53. The van der Waals surface area contributed by atoms with Gasteiger partial charge in [-0.3, -0.25) is 0 Å². The van der Waals surface area contributed by atoms with Gasteiger partial charge in [0.15, 0.2) is 0 Å². The summed E-state index contributed by atoms with van der Waals surface area (Å²) in [5.41, 5.74) is 9.83. The van der Waals surface area contributed by atoms with Crippen LogP contribution < -0.4 is 0 Å². The minimum absolute atomic E-state index is 0.221. The van der Waals surface area contributed by atoms with Crippen LogP contribution in [0.1, 0.15) is 11.5 Å². The summed E-state index contributed by atoms with van der Waals surface area (Å²) in [5, 5.41) is 3.47. The van der Waals surface area contributed by atoms with Crippen molar-refractivity contribution in [2.45, 2.75) is 13.5 Å². The predicted molar refractivity (Wildman–Crippen MR) is 59.5 cm³/mol. The number of rotatable bonds is 3. The maximum atomic E-state index is 8.24. The van der Waals surface area contributed by atoms with Crippen LogP contribution in [0.3, 0.4) is 0 Å². The molecule has 0 spiro atoms. The Morgan fingerprint density at radius 2 is 2.12 bits per heavy atom. The second-order valence-corrected chi connectivity index (χ2v) is 3.28. The molecule has 0 unspecified atom stereocenters. The Bertz CT molecular complexity index is 526. The van der Waals surface area contributed by atoms with Crippen molar-refractivity contribution in [2.75, 3.05) is 0 Å². The second-order valence-electron chi connectivity index (χ2n) is 3.28. The monoisotopic (exact) mass is 214 g/mol. The minimum Gasteiger partial charge on any atom is -0.441 e. The molecule has 0 aliphatic carbocycles. The van der Waals surface area contributed by atoms with Crippen molar-refractivity contribution in [1.29, 1.82) is 0 Å². The van der Waals surface area contributed by atoms with Crippen LogP contribution in [0.25, 0.3) is 21.9 Å². The van der Waals surface area contributed by atoms with Gasteiger partial charge in [-0.15, -0.1) is 0 Å². The van der Waals surface area contributed by atoms with Gasteiger partial charge < -0.3 is 4.42 Å². The molecule has 0 saturated heterocycles. The second kappa shape index (κ2) is 4.51. The van der Waals surface area contributed by atoms with Gasteiger partial charge in [-0.05, 0) is 24.6 Å². The van der Waals surface area contributed by atoms with Crippen LogP contribution in [0.15, 0.2) is 39.9 Å². The van der Waals surface area contributed by atoms with E-state index in [1.807, 2.05) is 37.3 Å². The molecule has 1 aromatic carbocycles. The maximum absolute atomic E-state index is 8.24. The molecule has 5 nitrogen and oxygen atoms in total. The lowest BCUT2D eigenvalue weighted by molar-refractivity contribution is 0.539. The van der Waals surface area contributed by atoms with E-state index in [4.69, 9.17) is 9.95 Å². The highest BCUT2D eigenvalue weighted by atomic mass is 16.4. The fourth-order valence-electron chi connectivity index (χ4n) is 1.38. The average molecular weight is 214 g/mol. The molecule has 2 aromatic rings. The Balaban J connectivity index is 2.34. The number of hydrogen-bond donors (Lipinski definition) is 0. The van der Waals surface area contributed by atoms with E-state index in [2.05, 4.69) is 15.0 Å².